The van der Waals surface area contributed by atoms with Crippen LogP contribution in [0.5, 0.6) is 0 Å². The van der Waals surface area contributed by atoms with Gasteiger partial charge in [-0.15, -0.1) is 0 Å². The largest absolute Gasteiger partial charge is 0.398 e. The van der Waals surface area contributed by atoms with Gasteiger partial charge in [0.15, 0.2) is 0 Å². The molecular formula is C4H5F5O3S. The van der Waals surface area contributed by atoms with Gasteiger partial charge in [-0.3, -0.25) is 4.55 Å². The standard InChI is InChI=1S/C4H5F5O3S/c1-2(3(5,6)7)4(8,9)13(10,11)12/h2H,1H3,(H,10,11,12). The molecule has 0 rings (SSSR count). The summed E-state index contributed by atoms with van der Waals surface area (Å²) in [5.41, 5.74) is 0. The molecule has 0 aromatic carbocycles. The minimum Gasteiger partial charge on any atom is -0.281 e. The van der Waals surface area contributed by atoms with Crippen LogP contribution in [0.2, 0.25) is 0 Å². The van der Waals surface area contributed by atoms with E-state index in [-0.39, 0.29) is 6.92 Å². The predicted molar refractivity (Wildman–Crippen MR) is 31.7 cm³/mol. The van der Waals surface area contributed by atoms with Crippen LogP contribution in [0.15, 0.2) is 0 Å². The Kier molecular flexibility index (Phi) is 2.95. The molecule has 0 saturated carbocycles. The molecule has 0 fully saturated rings. The van der Waals surface area contributed by atoms with E-state index in [0.717, 1.165) is 0 Å². The third kappa shape index (κ3) is 2.50. The van der Waals surface area contributed by atoms with E-state index >= 15 is 0 Å². The fraction of sp³-hybridized carbons (Fsp3) is 1.00. The van der Waals surface area contributed by atoms with E-state index in [9.17, 15) is 30.4 Å². The molecule has 80 valence electrons. The van der Waals surface area contributed by atoms with Gasteiger partial charge < -0.3 is 0 Å². The third-order valence-electron chi connectivity index (χ3n) is 1.34. The third-order valence-corrected chi connectivity index (χ3v) is 2.38. The van der Waals surface area contributed by atoms with Crippen LogP contribution in [0.3, 0.4) is 0 Å². The summed E-state index contributed by atoms with van der Waals surface area (Å²) in [5.74, 6) is -3.45. The summed E-state index contributed by atoms with van der Waals surface area (Å²) < 4.78 is 86.9. The zero-order chi connectivity index (χ0) is 11.1. The van der Waals surface area contributed by atoms with E-state index < -0.39 is 27.5 Å². The Balaban J connectivity index is 5.09. The topological polar surface area (TPSA) is 54.4 Å². The van der Waals surface area contributed by atoms with Crippen LogP contribution < -0.4 is 0 Å². The lowest BCUT2D eigenvalue weighted by molar-refractivity contribution is -0.212. The summed E-state index contributed by atoms with van der Waals surface area (Å²) in [4.78, 5) is 0. The van der Waals surface area contributed by atoms with Gasteiger partial charge in [0.2, 0.25) is 0 Å². The summed E-state index contributed by atoms with van der Waals surface area (Å²) in [5, 5.41) is -5.22. The lowest BCUT2D eigenvalue weighted by atomic mass is 10.2. The first-order valence-corrected chi connectivity index (χ1v) is 4.26. The van der Waals surface area contributed by atoms with Crippen LogP contribution in [-0.4, -0.2) is 24.4 Å². The first-order chi connectivity index (χ1) is 5.40. The molecule has 0 bridgehead atoms. The zero-order valence-electron chi connectivity index (χ0n) is 6.14. The molecule has 0 amide bonds. The van der Waals surface area contributed by atoms with Crippen LogP contribution >= 0.6 is 0 Å². The molecule has 3 nitrogen and oxygen atoms in total. The van der Waals surface area contributed by atoms with Crippen molar-refractivity contribution in [2.24, 2.45) is 5.92 Å². The first kappa shape index (κ1) is 12.6. The van der Waals surface area contributed by atoms with Crippen LogP contribution in [0, 0.1) is 5.92 Å². The van der Waals surface area contributed by atoms with Crippen molar-refractivity contribution >= 4 is 10.1 Å². The van der Waals surface area contributed by atoms with Crippen molar-refractivity contribution < 1.29 is 34.9 Å². The molecule has 0 aromatic rings. The van der Waals surface area contributed by atoms with Crippen molar-refractivity contribution in [1.29, 1.82) is 0 Å². The van der Waals surface area contributed by atoms with Gasteiger partial charge in [-0.2, -0.15) is 30.4 Å². The lowest BCUT2D eigenvalue weighted by Gasteiger charge is -2.22. The highest BCUT2D eigenvalue weighted by Gasteiger charge is 2.60. The van der Waals surface area contributed by atoms with E-state index in [2.05, 4.69) is 0 Å². The number of rotatable bonds is 2. The summed E-state index contributed by atoms with van der Waals surface area (Å²) in [6.07, 6.45) is -5.39. The minimum absolute atomic E-state index is 0.0340. The molecular weight excluding hydrogens is 223 g/mol. The number of alkyl halides is 5. The maximum atomic E-state index is 12.3. The van der Waals surface area contributed by atoms with Crippen molar-refractivity contribution in [2.45, 2.75) is 18.4 Å². The zero-order valence-corrected chi connectivity index (χ0v) is 6.96. The van der Waals surface area contributed by atoms with Gasteiger partial charge in [0.1, 0.15) is 5.92 Å². The van der Waals surface area contributed by atoms with Gasteiger partial charge >= 0.3 is 21.5 Å². The quantitative estimate of drug-likeness (QED) is 0.577. The van der Waals surface area contributed by atoms with Crippen molar-refractivity contribution in [1.82, 2.24) is 0 Å². The molecule has 1 unspecified atom stereocenters. The monoisotopic (exact) mass is 228 g/mol. The Labute approximate surface area is 70.3 Å². The second kappa shape index (κ2) is 3.05. The highest BCUT2D eigenvalue weighted by atomic mass is 32.2. The Morgan fingerprint density at radius 2 is 1.46 bits per heavy atom. The molecule has 0 spiro atoms. The molecule has 0 heterocycles. The van der Waals surface area contributed by atoms with Crippen LogP contribution in [0.4, 0.5) is 22.0 Å². The molecule has 0 radical (unpaired) electrons. The predicted octanol–water partition coefficient (Wildman–Crippen LogP) is 1.67. The van der Waals surface area contributed by atoms with Crippen molar-refractivity contribution in [3.8, 4) is 0 Å². The maximum Gasteiger partial charge on any atom is 0.398 e. The van der Waals surface area contributed by atoms with E-state index in [1.807, 2.05) is 0 Å². The van der Waals surface area contributed by atoms with Gasteiger partial charge in [-0.05, 0) is 6.92 Å². The summed E-state index contributed by atoms with van der Waals surface area (Å²) in [7, 11) is -6.04. The Bertz CT molecular complexity index is 279. The molecule has 0 aliphatic heterocycles. The fourth-order valence-corrected chi connectivity index (χ4v) is 0.994. The van der Waals surface area contributed by atoms with Crippen LogP contribution in [0.25, 0.3) is 0 Å². The van der Waals surface area contributed by atoms with Crippen LogP contribution in [0.1, 0.15) is 6.92 Å². The minimum atomic E-state index is -6.04. The van der Waals surface area contributed by atoms with Gasteiger partial charge in [0.25, 0.3) is 0 Å². The molecule has 13 heavy (non-hydrogen) atoms. The van der Waals surface area contributed by atoms with E-state index in [1.54, 1.807) is 0 Å². The van der Waals surface area contributed by atoms with E-state index in [1.165, 1.54) is 0 Å². The van der Waals surface area contributed by atoms with Gasteiger partial charge in [-0.1, -0.05) is 0 Å². The average Bonchev–Trinajstić information content (AvgIpc) is 1.81. The summed E-state index contributed by atoms with van der Waals surface area (Å²) >= 11 is 0. The lowest BCUT2D eigenvalue weighted by Crippen LogP contribution is -2.43. The number of hydrogen-bond donors (Lipinski definition) is 1. The molecule has 1 N–H and O–H groups in total. The average molecular weight is 228 g/mol. The molecule has 0 aromatic heterocycles. The molecule has 0 aliphatic rings. The summed E-state index contributed by atoms with van der Waals surface area (Å²) in [6, 6.07) is 0. The smallest absolute Gasteiger partial charge is 0.281 e. The van der Waals surface area contributed by atoms with Crippen LogP contribution in [-0.2, 0) is 10.1 Å². The summed E-state index contributed by atoms with van der Waals surface area (Å²) in [6.45, 7) is -0.0340. The van der Waals surface area contributed by atoms with Crippen molar-refractivity contribution in [3.63, 3.8) is 0 Å². The van der Waals surface area contributed by atoms with Crippen molar-refractivity contribution in [3.05, 3.63) is 0 Å². The Morgan fingerprint density at radius 3 is 1.54 bits per heavy atom. The molecule has 9 heteroatoms. The number of hydrogen-bond acceptors (Lipinski definition) is 2. The second-order valence-corrected chi connectivity index (χ2v) is 3.79. The van der Waals surface area contributed by atoms with Gasteiger partial charge in [-0.25, -0.2) is 0 Å². The number of halogens is 5. The Morgan fingerprint density at radius 1 is 1.15 bits per heavy atom. The van der Waals surface area contributed by atoms with E-state index in [4.69, 9.17) is 4.55 Å². The highest BCUT2D eigenvalue weighted by molar-refractivity contribution is 7.86. The normalized spacial score (nSPS) is 17.2. The highest BCUT2D eigenvalue weighted by Crippen LogP contribution is 2.40. The molecule has 1 atom stereocenters. The van der Waals surface area contributed by atoms with Gasteiger partial charge in [0, 0.05) is 0 Å². The van der Waals surface area contributed by atoms with Crippen molar-refractivity contribution in [2.75, 3.05) is 0 Å². The second-order valence-electron chi connectivity index (χ2n) is 2.30. The maximum absolute atomic E-state index is 12.3. The molecule has 0 aliphatic carbocycles. The fourth-order valence-electron chi connectivity index (χ4n) is 0.414. The molecule has 0 saturated heterocycles. The van der Waals surface area contributed by atoms with E-state index in [0.29, 0.717) is 0 Å². The van der Waals surface area contributed by atoms with Gasteiger partial charge in [0.05, 0.1) is 0 Å². The Hall–Kier alpha value is -0.440. The first-order valence-electron chi connectivity index (χ1n) is 2.82. The SMILES string of the molecule is CC(C(F)(F)F)C(F)(F)S(=O)(=O)O.